The molecule has 0 fully saturated rings. The summed E-state index contributed by atoms with van der Waals surface area (Å²) < 4.78 is 32.2. The van der Waals surface area contributed by atoms with Gasteiger partial charge in [-0.05, 0) is 37.3 Å². The van der Waals surface area contributed by atoms with Crippen LogP contribution in [0.4, 0.5) is 8.78 Å². The van der Waals surface area contributed by atoms with E-state index in [1.807, 2.05) is 31.2 Å². The second-order valence-electron chi connectivity index (χ2n) is 5.01. The molecule has 116 valence electrons. The molecule has 0 N–H and O–H groups in total. The minimum Gasteiger partial charge on any atom is -0.492 e. The molecule has 5 heteroatoms. The van der Waals surface area contributed by atoms with Crippen LogP contribution < -0.4 is 4.74 Å². The summed E-state index contributed by atoms with van der Waals surface area (Å²) in [6, 6.07) is 10.3. The second kappa shape index (κ2) is 7.02. The SMILES string of the molecule is Cc1ccc(OCCN(C)C(=O)c2cc(F)ccc2F)cc1. The van der Waals surface area contributed by atoms with Crippen LogP contribution in [0.2, 0.25) is 0 Å². The predicted octanol–water partition coefficient (Wildman–Crippen LogP) is 3.42. The molecule has 0 saturated heterocycles. The summed E-state index contributed by atoms with van der Waals surface area (Å²) in [7, 11) is 1.52. The summed E-state index contributed by atoms with van der Waals surface area (Å²) in [5, 5.41) is 0. The highest BCUT2D eigenvalue weighted by Gasteiger charge is 2.16. The van der Waals surface area contributed by atoms with Crippen molar-refractivity contribution in [3.05, 3.63) is 65.2 Å². The Bertz CT molecular complexity index is 656. The number of likely N-dealkylation sites (N-methyl/N-ethyl adjacent to an activating group) is 1. The van der Waals surface area contributed by atoms with Gasteiger partial charge >= 0.3 is 0 Å². The Kier molecular flexibility index (Phi) is 5.09. The van der Waals surface area contributed by atoms with E-state index in [0.717, 1.165) is 23.8 Å². The minimum atomic E-state index is -0.738. The molecule has 0 atom stereocenters. The molecule has 2 rings (SSSR count). The highest BCUT2D eigenvalue weighted by Crippen LogP contribution is 2.13. The number of benzene rings is 2. The Morgan fingerprint density at radius 3 is 2.50 bits per heavy atom. The number of rotatable bonds is 5. The summed E-state index contributed by atoms with van der Waals surface area (Å²) in [6.45, 7) is 2.51. The zero-order valence-electron chi connectivity index (χ0n) is 12.5. The molecule has 0 bridgehead atoms. The van der Waals surface area contributed by atoms with Gasteiger partial charge in [0.1, 0.15) is 24.0 Å². The fourth-order valence-electron chi connectivity index (χ4n) is 1.90. The van der Waals surface area contributed by atoms with E-state index in [2.05, 4.69) is 0 Å². The monoisotopic (exact) mass is 305 g/mol. The summed E-state index contributed by atoms with van der Waals surface area (Å²) in [5.41, 5.74) is 0.846. The normalized spacial score (nSPS) is 10.4. The average Bonchev–Trinajstić information content (AvgIpc) is 2.51. The lowest BCUT2D eigenvalue weighted by Crippen LogP contribution is -2.31. The third kappa shape index (κ3) is 4.04. The molecule has 0 saturated carbocycles. The number of hydrogen-bond acceptors (Lipinski definition) is 2. The van der Waals surface area contributed by atoms with Crippen molar-refractivity contribution < 1.29 is 18.3 Å². The maximum absolute atomic E-state index is 13.6. The first-order chi connectivity index (χ1) is 10.5. The minimum absolute atomic E-state index is 0.266. The molecule has 0 aromatic heterocycles. The Morgan fingerprint density at radius 2 is 1.82 bits per heavy atom. The van der Waals surface area contributed by atoms with Crippen molar-refractivity contribution in [2.45, 2.75) is 6.92 Å². The van der Waals surface area contributed by atoms with E-state index < -0.39 is 17.5 Å². The number of halogens is 2. The van der Waals surface area contributed by atoms with Crippen LogP contribution in [0.25, 0.3) is 0 Å². The Hall–Kier alpha value is -2.43. The number of ether oxygens (including phenoxy) is 1. The molecule has 2 aromatic rings. The Balaban J connectivity index is 1.91. The zero-order valence-corrected chi connectivity index (χ0v) is 12.5. The Morgan fingerprint density at radius 1 is 1.14 bits per heavy atom. The van der Waals surface area contributed by atoms with Crippen molar-refractivity contribution >= 4 is 5.91 Å². The quantitative estimate of drug-likeness (QED) is 0.847. The fraction of sp³-hybridized carbons (Fsp3) is 0.235. The first-order valence-corrected chi connectivity index (χ1v) is 6.87. The summed E-state index contributed by atoms with van der Waals surface area (Å²) >= 11 is 0. The molecule has 2 aromatic carbocycles. The molecular formula is C17H17F2NO2. The van der Waals surface area contributed by atoms with Gasteiger partial charge in [-0.15, -0.1) is 0 Å². The van der Waals surface area contributed by atoms with Crippen molar-refractivity contribution in [3.63, 3.8) is 0 Å². The number of carbonyl (C=O) groups is 1. The van der Waals surface area contributed by atoms with Gasteiger partial charge in [-0.25, -0.2) is 8.78 Å². The molecule has 0 heterocycles. The molecule has 1 amide bonds. The van der Waals surface area contributed by atoms with E-state index in [1.165, 1.54) is 11.9 Å². The van der Waals surface area contributed by atoms with E-state index in [0.29, 0.717) is 5.75 Å². The van der Waals surface area contributed by atoms with Crippen molar-refractivity contribution in [1.29, 1.82) is 0 Å². The summed E-state index contributed by atoms with van der Waals surface area (Å²) in [4.78, 5) is 13.4. The topological polar surface area (TPSA) is 29.5 Å². The zero-order chi connectivity index (χ0) is 16.1. The smallest absolute Gasteiger partial charge is 0.256 e. The van der Waals surface area contributed by atoms with Gasteiger partial charge in [0.05, 0.1) is 12.1 Å². The lowest BCUT2D eigenvalue weighted by molar-refractivity contribution is 0.0768. The van der Waals surface area contributed by atoms with Crippen LogP contribution >= 0.6 is 0 Å². The van der Waals surface area contributed by atoms with Crippen LogP contribution in [-0.4, -0.2) is 31.0 Å². The number of aryl methyl sites for hydroxylation is 1. The average molecular weight is 305 g/mol. The van der Waals surface area contributed by atoms with Crippen molar-refractivity contribution in [3.8, 4) is 5.75 Å². The molecule has 0 aliphatic rings. The van der Waals surface area contributed by atoms with E-state index in [4.69, 9.17) is 4.74 Å². The molecule has 3 nitrogen and oxygen atoms in total. The first kappa shape index (κ1) is 15.9. The molecule has 22 heavy (non-hydrogen) atoms. The lowest BCUT2D eigenvalue weighted by atomic mass is 10.2. The summed E-state index contributed by atoms with van der Waals surface area (Å²) in [5.74, 6) is -1.26. The van der Waals surface area contributed by atoms with Gasteiger partial charge < -0.3 is 9.64 Å². The molecular weight excluding hydrogens is 288 g/mol. The van der Waals surface area contributed by atoms with Crippen LogP contribution in [-0.2, 0) is 0 Å². The summed E-state index contributed by atoms with van der Waals surface area (Å²) in [6.07, 6.45) is 0. The van der Waals surface area contributed by atoms with Crippen LogP contribution in [0.3, 0.4) is 0 Å². The maximum Gasteiger partial charge on any atom is 0.256 e. The van der Waals surface area contributed by atoms with Crippen LogP contribution in [0.5, 0.6) is 5.75 Å². The number of amides is 1. The number of nitrogens with zero attached hydrogens (tertiary/aromatic N) is 1. The fourth-order valence-corrected chi connectivity index (χ4v) is 1.90. The highest BCUT2D eigenvalue weighted by atomic mass is 19.1. The van der Waals surface area contributed by atoms with E-state index in [9.17, 15) is 13.6 Å². The Labute approximate surface area is 128 Å². The molecule has 0 radical (unpaired) electrons. The van der Waals surface area contributed by atoms with Gasteiger partial charge in [-0.1, -0.05) is 17.7 Å². The third-order valence-corrected chi connectivity index (χ3v) is 3.22. The first-order valence-electron chi connectivity index (χ1n) is 6.87. The van der Waals surface area contributed by atoms with Gasteiger partial charge in [-0.3, -0.25) is 4.79 Å². The standard InChI is InChI=1S/C17H17F2NO2/c1-12-3-6-14(7-4-12)22-10-9-20(2)17(21)15-11-13(18)5-8-16(15)19/h3-8,11H,9-10H2,1-2H3. The molecule has 0 aliphatic carbocycles. The van der Waals surface area contributed by atoms with Gasteiger partial charge in [0.15, 0.2) is 0 Å². The molecule has 0 unspecified atom stereocenters. The molecule has 0 spiro atoms. The highest BCUT2D eigenvalue weighted by molar-refractivity contribution is 5.94. The number of hydrogen-bond donors (Lipinski definition) is 0. The van der Waals surface area contributed by atoms with Crippen molar-refractivity contribution in [2.75, 3.05) is 20.2 Å². The van der Waals surface area contributed by atoms with E-state index in [1.54, 1.807) is 0 Å². The van der Waals surface area contributed by atoms with E-state index >= 15 is 0 Å². The largest absolute Gasteiger partial charge is 0.492 e. The predicted molar refractivity (Wildman–Crippen MR) is 80.0 cm³/mol. The second-order valence-corrected chi connectivity index (χ2v) is 5.01. The maximum atomic E-state index is 13.6. The van der Waals surface area contributed by atoms with Gasteiger partial charge in [0.25, 0.3) is 5.91 Å². The van der Waals surface area contributed by atoms with Crippen molar-refractivity contribution in [2.24, 2.45) is 0 Å². The van der Waals surface area contributed by atoms with Crippen LogP contribution in [0.15, 0.2) is 42.5 Å². The lowest BCUT2D eigenvalue weighted by Gasteiger charge is -2.18. The van der Waals surface area contributed by atoms with Crippen LogP contribution in [0.1, 0.15) is 15.9 Å². The van der Waals surface area contributed by atoms with Gasteiger partial charge in [0, 0.05) is 7.05 Å². The van der Waals surface area contributed by atoms with Crippen molar-refractivity contribution in [1.82, 2.24) is 4.90 Å². The van der Waals surface area contributed by atoms with Gasteiger partial charge in [-0.2, -0.15) is 0 Å². The van der Waals surface area contributed by atoms with Crippen LogP contribution in [0, 0.1) is 18.6 Å². The number of carbonyl (C=O) groups excluding carboxylic acids is 1. The molecule has 0 aliphatic heterocycles. The third-order valence-electron chi connectivity index (χ3n) is 3.22. The van der Waals surface area contributed by atoms with Gasteiger partial charge in [0.2, 0.25) is 0 Å². The van der Waals surface area contributed by atoms with E-state index in [-0.39, 0.29) is 18.7 Å².